The molecule has 0 fully saturated rings. The number of fused-ring (bicyclic) bond motifs is 1. The monoisotopic (exact) mass is 297 g/mol. The van der Waals surface area contributed by atoms with Gasteiger partial charge >= 0.3 is 0 Å². The molecule has 17 heavy (non-hydrogen) atoms. The van der Waals surface area contributed by atoms with Gasteiger partial charge in [0.1, 0.15) is 0 Å². The van der Waals surface area contributed by atoms with Crippen LogP contribution in [-0.2, 0) is 0 Å². The van der Waals surface area contributed by atoms with Gasteiger partial charge in [0.15, 0.2) is 0 Å². The first-order chi connectivity index (χ1) is 8.02. The Labute approximate surface area is 112 Å². The Morgan fingerprint density at radius 2 is 2.24 bits per heavy atom. The van der Waals surface area contributed by atoms with Crippen molar-refractivity contribution in [2.24, 2.45) is 0 Å². The number of halogens is 1. The molecule has 0 unspecified atom stereocenters. The molecule has 3 nitrogen and oxygen atoms in total. The molecule has 2 rings (SSSR count). The van der Waals surface area contributed by atoms with Crippen molar-refractivity contribution in [2.75, 3.05) is 36.9 Å². The van der Waals surface area contributed by atoms with E-state index in [-0.39, 0.29) is 5.54 Å². The second-order valence-electron chi connectivity index (χ2n) is 5.14. The predicted octanol–water partition coefficient (Wildman–Crippen LogP) is 2.68. The first kappa shape index (κ1) is 12.7. The summed E-state index contributed by atoms with van der Waals surface area (Å²) in [7, 11) is 2.02. The fraction of sp³-hybridized carbons (Fsp3) is 0.538. The van der Waals surface area contributed by atoms with Gasteiger partial charge in [-0.3, -0.25) is 0 Å². The van der Waals surface area contributed by atoms with E-state index in [4.69, 9.17) is 0 Å². The largest absolute Gasteiger partial charge is 0.382 e. The molecule has 0 saturated heterocycles. The Bertz CT molecular complexity index is 404. The molecule has 0 aromatic heterocycles. The van der Waals surface area contributed by atoms with Crippen molar-refractivity contribution in [3.05, 3.63) is 22.7 Å². The lowest BCUT2D eigenvalue weighted by Crippen LogP contribution is -2.49. The van der Waals surface area contributed by atoms with Gasteiger partial charge in [0.2, 0.25) is 0 Å². The summed E-state index contributed by atoms with van der Waals surface area (Å²) in [5.74, 6) is 0. The summed E-state index contributed by atoms with van der Waals surface area (Å²) < 4.78 is 1.13. The van der Waals surface area contributed by atoms with Gasteiger partial charge in [-0.25, -0.2) is 0 Å². The average molecular weight is 298 g/mol. The van der Waals surface area contributed by atoms with Gasteiger partial charge in [0.25, 0.3) is 0 Å². The van der Waals surface area contributed by atoms with Gasteiger partial charge < -0.3 is 15.5 Å². The molecule has 4 heteroatoms. The first-order valence-electron chi connectivity index (χ1n) is 5.99. The minimum absolute atomic E-state index is 0.122. The predicted molar refractivity (Wildman–Crippen MR) is 78.0 cm³/mol. The van der Waals surface area contributed by atoms with Crippen LogP contribution in [-0.4, -0.2) is 32.2 Å². The highest BCUT2D eigenvalue weighted by Crippen LogP contribution is 2.32. The number of hydrogen-bond donors (Lipinski definition) is 2. The van der Waals surface area contributed by atoms with E-state index in [2.05, 4.69) is 63.5 Å². The Hall–Kier alpha value is -0.740. The summed E-state index contributed by atoms with van der Waals surface area (Å²) in [4.78, 5) is 2.44. The van der Waals surface area contributed by atoms with Crippen molar-refractivity contribution in [2.45, 2.75) is 19.4 Å². The van der Waals surface area contributed by atoms with Crippen molar-refractivity contribution >= 4 is 27.3 Å². The average Bonchev–Trinajstić information content (AvgIpc) is 2.30. The SMILES string of the molecule is CNC(C)(C)CN1CCNc2ccc(Br)cc21. The van der Waals surface area contributed by atoms with E-state index in [1.807, 2.05) is 7.05 Å². The molecule has 0 amide bonds. The number of anilines is 2. The van der Waals surface area contributed by atoms with Crippen LogP contribution in [0.25, 0.3) is 0 Å². The quantitative estimate of drug-likeness (QED) is 0.898. The molecular weight excluding hydrogens is 278 g/mol. The molecular formula is C13H20BrN3. The maximum Gasteiger partial charge on any atom is 0.0614 e. The van der Waals surface area contributed by atoms with Crippen LogP contribution in [0.1, 0.15) is 13.8 Å². The zero-order valence-corrected chi connectivity index (χ0v) is 12.3. The van der Waals surface area contributed by atoms with Crippen LogP contribution in [0, 0.1) is 0 Å². The summed E-state index contributed by atoms with van der Waals surface area (Å²) in [5.41, 5.74) is 2.64. The van der Waals surface area contributed by atoms with Crippen molar-refractivity contribution in [1.82, 2.24) is 5.32 Å². The molecule has 0 aliphatic carbocycles. The highest BCUT2D eigenvalue weighted by atomic mass is 79.9. The van der Waals surface area contributed by atoms with Crippen LogP contribution in [0.15, 0.2) is 22.7 Å². The van der Waals surface area contributed by atoms with E-state index in [1.54, 1.807) is 0 Å². The summed E-state index contributed by atoms with van der Waals surface area (Å²) in [5, 5.41) is 6.80. The molecule has 2 N–H and O–H groups in total. The second kappa shape index (κ2) is 4.86. The topological polar surface area (TPSA) is 27.3 Å². The van der Waals surface area contributed by atoms with Crippen LogP contribution < -0.4 is 15.5 Å². The number of hydrogen-bond acceptors (Lipinski definition) is 3. The molecule has 1 aromatic rings. The number of nitrogens with one attached hydrogen (secondary N) is 2. The van der Waals surface area contributed by atoms with Gasteiger partial charge in [-0.1, -0.05) is 15.9 Å². The van der Waals surface area contributed by atoms with E-state index in [9.17, 15) is 0 Å². The van der Waals surface area contributed by atoms with Gasteiger partial charge in [-0.05, 0) is 39.1 Å². The lowest BCUT2D eigenvalue weighted by molar-refractivity contribution is 0.420. The molecule has 0 bridgehead atoms. The van der Waals surface area contributed by atoms with Crippen molar-refractivity contribution < 1.29 is 0 Å². The van der Waals surface area contributed by atoms with Crippen LogP contribution in [0.4, 0.5) is 11.4 Å². The molecule has 1 aliphatic heterocycles. The normalized spacial score (nSPS) is 15.4. The highest BCUT2D eigenvalue weighted by Gasteiger charge is 2.23. The Balaban J connectivity index is 2.25. The maximum absolute atomic E-state index is 3.54. The first-order valence-corrected chi connectivity index (χ1v) is 6.78. The van der Waals surface area contributed by atoms with E-state index >= 15 is 0 Å². The Morgan fingerprint density at radius 1 is 1.47 bits per heavy atom. The van der Waals surface area contributed by atoms with E-state index in [1.165, 1.54) is 11.4 Å². The molecule has 94 valence electrons. The minimum atomic E-state index is 0.122. The zero-order chi connectivity index (χ0) is 12.5. The van der Waals surface area contributed by atoms with E-state index in [0.717, 1.165) is 24.1 Å². The molecule has 1 aromatic carbocycles. The summed E-state index contributed by atoms with van der Waals surface area (Å²) >= 11 is 3.54. The number of rotatable bonds is 3. The molecule has 0 spiro atoms. The van der Waals surface area contributed by atoms with Gasteiger partial charge in [-0.2, -0.15) is 0 Å². The maximum atomic E-state index is 3.54. The Morgan fingerprint density at radius 3 is 2.94 bits per heavy atom. The van der Waals surface area contributed by atoms with Gasteiger partial charge in [-0.15, -0.1) is 0 Å². The minimum Gasteiger partial charge on any atom is -0.382 e. The van der Waals surface area contributed by atoms with Crippen LogP contribution in [0.5, 0.6) is 0 Å². The molecule has 0 atom stereocenters. The molecule has 0 radical (unpaired) electrons. The lowest BCUT2D eigenvalue weighted by Gasteiger charge is -2.38. The highest BCUT2D eigenvalue weighted by molar-refractivity contribution is 9.10. The van der Waals surface area contributed by atoms with Crippen LogP contribution in [0.3, 0.4) is 0 Å². The fourth-order valence-corrected chi connectivity index (χ4v) is 2.43. The van der Waals surface area contributed by atoms with Crippen LogP contribution >= 0.6 is 15.9 Å². The second-order valence-corrected chi connectivity index (χ2v) is 6.06. The van der Waals surface area contributed by atoms with Gasteiger partial charge in [0.05, 0.1) is 11.4 Å². The summed E-state index contributed by atoms with van der Waals surface area (Å²) in [6.07, 6.45) is 0. The van der Waals surface area contributed by atoms with Crippen molar-refractivity contribution in [3.8, 4) is 0 Å². The molecule has 1 heterocycles. The third-order valence-electron chi connectivity index (χ3n) is 3.26. The van der Waals surface area contributed by atoms with Gasteiger partial charge in [0, 0.05) is 29.6 Å². The van der Waals surface area contributed by atoms with Crippen LogP contribution in [0.2, 0.25) is 0 Å². The lowest BCUT2D eigenvalue weighted by atomic mass is 10.0. The van der Waals surface area contributed by atoms with E-state index < -0.39 is 0 Å². The molecule has 0 saturated carbocycles. The third-order valence-corrected chi connectivity index (χ3v) is 3.75. The smallest absolute Gasteiger partial charge is 0.0614 e. The summed E-state index contributed by atoms with van der Waals surface area (Å²) in [6.45, 7) is 7.52. The third kappa shape index (κ3) is 2.93. The number of benzene rings is 1. The van der Waals surface area contributed by atoms with Crippen molar-refractivity contribution in [1.29, 1.82) is 0 Å². The van der Waals surface area contributed by atoms with E-state index in [0.29, 0.717) is 0 Å². The number of likely N-dealkylation sites (N-methyl/N-ethyl adjacent to an activating group) is 1. The molecule has 1 aliphatic rings. The van der Waals surface area contributed by atoms with Crippen molar-refractivity contribution in [3.63, 3.8) is 0 Å². The number of nitrogens with zero attached hydrogens (tertiary/aromatic N) is 1. The zero-order valence-electron chi connectivity index (χ0n) is 10.7. The summed E-state index contributed by atoms with van der Waals surface area (Å²) in [6, 6.07) is 6.41. The fourth-order valence-electron chi connectivity index (χ4n) is 2.08. The standard InChI is InChI=1S/C13H20BrN3/c1-13(2,15-3)9-17-7-6-16-11-5-4-10(14)8-12(11)17/h4-5,8,15-16H,6-7,9H2,1-3H3. The Kier molecular flexibility index (Phi) is 3.64.